The topological polar surface area (TPSA) is 9.72 Å². The molecule has 4 heteroatoms. The van der Waals surface area contributed by atoms with Crippen molar-refractivity contribution in [1.29, 1.82) is 0 Å². The lowest BCUT2D eigenvalue weighted by molar-refractivity contribution is 0.195. The molecule has 0 amide bonds. The molecule has 0 N–H and O–H groups in total. The van der Waals surface area contributed by atoms with Crippen molar-refractivity contribution in [1.82, 2.24) is 0 Å². The highest BCUT2D eigenvalue weighted by Crippen LogP contribution is 2.63. The first-order valence-corrected chi connectivity index (χ1v) is 28.4. The summed E-state index contributed by atoms with van der Waals surface area (Å²) >= 11 is 0. The van der Waals surface area contributed by atoms with Gasteiger partial charge < -0.3 is 14.7 Å². The molecule has 0 bridgehead atoms. The molecule has 4 heterocycles. The zero-order valence-electron chi connectivity index (χ0n) is 46.7. The Morgan fingerprint density at radius 2 is 0.844 bits per heavy atom. The van der Waals surface area contributed by atoms with E-state index >= 15 is 0 Å². The van der Waals surface area contributed by atoms with Crippen molar-refractivity contribution in [3.8, 4) is 33.4 Å². The van der Waals surface area contributed by atoms with Crippen molar-refractivity contribution in [3.05, 3.63) is 222 Å². The van der Waals surface area contributed by atoms with Crippen molar-refractivity contribution in [3.63, 3.8) is 0 Å². The Hall–Kier alpha value is -7.56. The molecule has 1 aliphatic carbocycles. The molecule has 3 nitrogen and oxygen atoms in total. The minimum atomic E-state index is -0.270. The minimum absolute atomic E-state index is 0.0184. The molecular weight excluding hydrogens is 930 g/mol. The Balaban J connectivity index is 1.13. The fourth-order valence-electron chi connectivity index (χ4n) is 15.0. The maximum atomic E-state index is 2.83. The van der Waals surface area contributed by atoms with Crippen LogP contribution < -0.4 is 31.1 Å². The molecule has 0 aromatic heterocycles. The smallest absolute Gasteiger partial charge is 0.252 e. The molecule has 0 spiro atoms. The monoisotopic (exact) mass is 1000 g/mol. The highest BCUT2D eigenvalue weighted by Gasteiger charge is 2.59. The van der Waals surface area contributed by atoms with Gasteiger partial charge in [-0.25, -0.2) is 0 Å². The number of nitrogens with zero attached hydrogens (tertiary/aromatic N) is 3. The van der Waals surface area contributed by atoms with Crippen LogP contribution in [0.25, 0.3) is 33.4 Å². The summed E-state index contributed by atoms with van der Waals surface area (Å²) in [7, 11) is 0. The Labute approximate surface area is 458 Å². The molecule has 9 aromatic rings. The number of anilines is 8. The third-order valence-corrected chi connectivity index (χ3v) is 19.3. The average Bonchev–Trinajstić information content (AvgIpc) is 3.82. The second kappa shape index (κ2) is 16.7. The van der Waals surface area contributed by atoms with Crippen LogP contribution in [-0.2, 0) is 21.7 Å². The summed E-state index contributed by atoms with van der Waals surface area (Å²) in [6.07, 6.45) is 4.67. The van der Waals surface area contributed by atoms with E-state index in [4.69, 9.17) is 0 Å². The molecule has 0 radical (unpaired) electrons. The van der Waals surface area contributed by atoms with Gasteiger partial charge in [-0.3, -0.25) is 0 Å². The Morgan fingerprint density at radius 1 is 0.377 bits per heavy atom. The van der Waals surface area contributed by atoms with Gasteiger partial charge in [0.15, 0.2) is 0 Å². The Bertz CT molecular complexity index is 3680. The van der Waals surface area contributed by atoms with Gasteiger partial charge in [-0.1, -0.05) is 209 Å². The molecule has 14 rings (SSSR count). The Morgan fingerprint density at radius 3 is 1.34 bits per heavy atom. The van der Waals surface area contributed by atoms with Crippen LogP contribution >= 0.6 is 0 Å². The largest absolute Gasteiger partial charge is 0.334 e. The van der Waals surface area contributed by atoms with Gasteiger partial charge in [0.05, 0.1) is 16.9 Å². The third-order valence-electron chi connectivity index (χ3n) is 19.3. The van der Waals surface area contributed by atoms with E-state index in [9.17, 15) is 0 Å². The molecule has 2 unspecified atom stereocenters. The molecular formula is C73H70BN3. The predicted octanol–water partition coefficient (Wildman–Crippen LogP) is 17.7. The van der Waals surface area contributed by atoms with Crippen LogP contribution in [0.1, 0.15) is 123 Å². The van der Waals surface area contributed by atoms with Crippen molar-refractivity contribution >= 4 is 68.6 Å². The first-order valence-electron chi connectivity index (χ1n) is 28.4. The van der Waals surface area contributed by atoms with Gasteiger partial charge in [0.25, 0.3) is 6.71 Å². The van der Waals surface area contributed by atoms with Gasteiger partial charge in [-0.2, -0.15) is 0 Å². The number of hydrogen-bond acceptors (Lipinski definition) is 3. The summed E-state index contributed by atoms with van der Waals surface area (Å²) in [6.45, 7) is 24.2. The molecule has 0 saturated heterocycles. The van der Waals surface area contributed by atoms with Crippen LogP contribution in [0.2, 0.25) is 0 Å². The number of benzene rings is 9. The SMILES string of the molecule is CC(C)(C)c1ccc(N2c3cc(N4c5ccc(-c6ccccc6)cc5C5(C)CCCCC45C)cc4c3B3c5c2cccc5C(C)(C)c2cccc(c23)N4c2ccc(C(C)(C)C)cc2-c2ccccc2)c(-c2ccccc2)c1. The quantitative estimate of drug-likeness (QED) is 0.154. The lowest BCUT2D eigenvalue weighted by atomic mass is 9.28. The van der Waals surface area contributed by atoms with Gasteiger partial charge in [0.2, 0.25) is 0 Å². The number of rotatable bonds is 6. The second-order valence-corrected chi connectivity index (χ2v) is 26.0. The first-order chi connectivity index (χ1) is 37.0. The molecule has 77 heavy (non-hydrogen) atoms. The van der Waals surface area contributed by atoms with Gasteiger partial charge >= 0.3 is 0 Å². The van der Waals surface area contributed by atoms with Crippen molar-refractivity contribution in [2.75, 3.05) is 14.7 Å². The van der Waals surface area contributed by atoms with Crippen LogP contribution in [-0.4, -0.2) is 12.3 Å². The maximum Gasteiger partial charge on any atom is 0.252 e. The van der Waals surface area contributed by atoms with Crippen molar-refractivity contribution in [2.45, 2.75) is 122 Å². The maximum absolute atomic E-state index is 2.83. The van der Waals surface area contributed by atoms with Crippen LogP contribution in [0.15, 0.2) is 194 Å². The van der Waals surface area contributed by atoms with Crippen LogP contribution in [0.3, 0.4) is 0 Å². The normalized spacial score (nSPS) is 19.5. The van der Waals surface area contributed by atoms with Gasteiger partial charge in [0, 0.05) is 56.1 Å². The Kier molecular flexibility index (Phi) is 10.4. The van der Waals surface area contributed by atoms with E-state index < -0.39 is 0 Å². The fraction of sp³-hybridized carbons (Fsp3) is 0.260. The van der Waals surface area contributed by atoms with E-state index in [-0.39, 0.29) is 33.9 Å². The van der Waals surface area contributed by atoms with Crippen molar-refractivity contribution < 1.29 is 0 Å². The predicted molar refractivity (Wildman–Crippen MR) is 329 cm³/mol. The summed E-state index contributed by atoms with van der Waals surface area (Å²) in [5, 5.41) is 0. The number of hydrogen-bond donors (Lipinski definition) is 0. The van der Waals surface area contributed by atoms with Crippen LogP contribution in [0.5, 0.6) is 0 Å². The van der Waals surface area contributed by atoms with E-state index in [1.165, 1.54) is 136 Å². The van der Waals surface area contributed by atoms with E-state index in [1.807, 2.05) is 0 Å². The molecule has 2 atom stereocenters. The van der Waals surface area contributed by atoms with E-state index in [1.54, 1.807) is 0 Å². The van der Waals surface area contributed by atoms with E-state index in [0.717, 1.165) is 12.8 Å². The number of fused-ring (bicyclic) bond motifs is 3. The highest BCUT2D eigenvalue weighted by atomic mass is 15.3. The highest BCUT2D eigenvalue weighted by molar-refractivity contribution is 7.01. The zero-order valence-corrected chi connectivity index (χ0v) is 46.7. The molecule has 1 fully saturated rings. The minimum Gasteiger partial charge on any atom is -0.334 e. The van der Waals surface area contributed by atoms with Crippen molar-refractivity contribution in [2.24, 2.45) is 0 Å². The first kappa shape index (κ1) is 47.9. The lowest BCUT2D eigenvalue weighted by Gasteiger charge is -2.52. The van der Waals surface area contributed by atoms with Gasteiger partial charge in [0.1, 0.15) is 0 Å². The summed E-state index contributed by atoms with van der Waals surface area (Å²) in [4.78, 5) is 8.24. The van der Waals surface area contributed by atoms with E-state index in [0.29, 0.717) is 0 Å². The zero-order chi connectivity index (χ0) is 53.0. The summed E-state index contributed by atoms with van der Waals surface area (Å²) in [6, 6.07) is 75.1. The summed E-state index contributed by atoms with van der Waals surface area (Å²) < 4.78 is 0. The molecule has 380 valence electrons. The average molecular weight is 1000 g/mol. The van der Waals surface area contributed by atoms with E-state index in [2.05, 4.69) is 278 Å². The lowest BCUT2D eigenvalue weighted by Crippen LogP contribution is -2.67. The fourth-order valence-corrected chi connectivity index (χ4v) is 15.0. The molecule has 4 aliphatic heterocycles. The van der Waals surface area contributed by atoms with Gasteiger partial charge in [-0.05, 0) is 158 Å². The summed E-state index contributed by atoms with van der Waals surface area (Å²) in [5.74, 6) is 0. The third kappa shape index (κ3) is 6.89. The molecule has 1 saturated carbocycles. The standard InChI is InChI=1S/C73H70BN3/c1-69(2,3)51-35-38-59(54(43-51)48-26-16-12-17-27-48)75-62-32-22-30-56-66(62)74-67-57(71(56,7)8)31-23-33-63(67)76(60-39-36-52(70(4,5)6)44-55(60)49-28-18-13-19-29-49)65-46-53(45-64(75)68(65)74)77-61-37-34-50(47-24-14-11-15-25-47)42-58(61)72(9)40-20-21-41-73(72,77)10/h11-19,22-39,42-46H,20-21,40-41H2,1-10H3. The second-order valence-electron chi connectivity index (χ2n) is 26.0. The van der Waals surface area contributed by atoms with Gasteiger partial charge in [-0.15, -0.1) is 0 Å². The van der Waals surface area contributed by atoms with Crippen LogP contribution in [0, 0.1) is 0 Å². The molecule has 9 aromatic carbocycles. The summed E-state index contributed by atoms with van der Waals surface area (Å²) in [5.41, 5.74) is 28.0. The van der Waals surface area contributed by atoms with Crippen LogP contribution in [0.4, 0.5) is 45.5 Å². The molecule has 5 aliphatic rings.